The van der Waals surface area contributed by atoms with Crippen molar-refractivity contribution in [3.8, 4) is 5.75 Å². The van der Waals surface area contributed by atoms with Gasteiger partial charge >= 0.3 is 0 Å². The number of anilines is 1. The van der Waals surface area contributed by atoms with E-state index >= 15 is 0 Å². The number of nitrogens with zero attached hydrogens (tertiary/aromatic N) is 1. The van der Waals surface area contributed by atoms with E-state index < -0.39 is 0 Å². The fourth-order valence-electron chi connectivity index (χ4n) is 4.88. The molecule has 2 N–H and O–H groups in total. The van der Waals surface area contributed by atoms with E-state index in [1.807, 2.05) is 6.07 Å². The summed E-state index contributed by atoms with van der Waals surface area (Å²) in [6, 6.07) is 14.7. The van der Waals surface area contributed by atoms with Crippen LogP contribution in [-0.4, -0.2) is 49.5 Å². The Morgan fingerprint density at radius 2 is 1.74 bits per heavy atom. The second-order valence-electron chi connectivity index (χ2n) is 8.44. The zero-order valence-corrected chi connectivity index (χ0v) is 18.1. The van der Waals surface area contributed by atoms with E-state index in [2.05, 4.69) is 15.5 Å². The monoisotopic (exact) mass is 421 g/mol. The second-order valence-corrected chi connectivity index (χ2v) is 8.44. The number of methoxy groups -OCH3 is 1. The highest BCUT2D eigenvalue weighted by Gasteiger charge is 2.32. The molecule has 2 saturated heterocycles. The largest absolute Gasteiger partial charge is 0.496 e. The summed E-state index contributed by atoms with van der Waals surface area (Å²) < 4.78 is 5.25. The third kappa shape index (κ3) is 5.07. The molecular formula is C25H31N3O3. The maximum atomic E-state index is 12.7. The highest BCUT2D eigenvalue weighted by molar-refractivity contribution is 6.06. The summed E-state index contributed by atoms with van der Waals surface area (Å²) in [4.78, 5) is 27.8. The molecule has 0 unspecified atom stereocenters. The van der Waals surface area contributed by atoms with Gasteiger partial charge in [0.25, 0.3) is 11.8 Å². The lowest BCUT2D eigenvalue weighted by atomic mass is 9.83. The highest BCUT2D eigenvalue weighted by atomic mass is 16.5. The van der Waals surface area contributed by atoms with E-state index in [1.165, 1.54) is 45.2 Å². The van der Waals surface area contributed by atoms with E-state index in [1.54, 1.807) is 49.6 Å². The topological polar surface area (TPSA) is 70.7 Å². The van der Waals surface area contributed by atoms with Gasteiger partial charge in [-0.05, 0) is 81.1 Å². The Balaban J connectivity index is 1.32. The van der Waals surface area contributed by atoms with Crippen LogP contribution in [-0.2, 0) is 0 Å². The zero-order valence-electron chi connectivity index (χ0n) is 18.1. The number of rotatable bonds is 6. The molecule has 164 valence electrons. The lowest BCUT2D eigenvalue weighted by Gasteiger charge is -2.44. The number of carbonyl (C=O) groups is 2. The van der Waals surface area contributed by atoms with Gasteiger partial charge in [-0.25, -0.2) is 0 Å². The molecule has 2 atom stereocenters. The molecule has 0 radical (unpaired) electrons. The summed E-state index contributed by atoms with van der Waals surface area (Å²) in [5.74, 6) is 0.757. The molecule has 0 bridgehead atoms. The molecule has 6 heteroatoms. The predicted molar refractivity (Wildman–Crippen MR) is 122 cm³/mol. The van der Waals surface area contributed by atoms with Crippen molar-refractivity contribution in [1.82, 2.24) is 10.2 Å². The molecule has 2 aliphatic heterocycles. The first-order valence-corrected chi connectivity index (χ1v) is 11.2. The number of fused-ring (bicyclic) bond motifs is 1. The van der Waals surface area contributed by atoms with Crippen molar-refractivity contribution in [1.29, 1.82) is 0 Å². The van der Waals surface area contributed by atoms with Crippen LogP contribution in [0.25, 0.3) is 0 Å². The molecular weight excluding hydrogens is 390 g/mol. The number of hydrogen-bond acceptors (Lipinski definition) is 4. The molecule has 0 saturated carbocycles. The van der Waals surface area contributed by atoms with Crippen molar-refractivity contribution in [2.45, 2.75) is 38.1 Å². The fourth-order valence-corrected chi connectivity index (χ4v) is 4.88. The number of hydrogen-bond donors (Lipinski definition) is 2. The van der Waals surface area contributed by atoms with Crippen LogP contribution in [0.4, 0.5) is 5.69 Å². The molecule has 0 aliphatic carbocycles. The average molecular weight is 422 g/mol. The zero-order chi connectivity index (χ0) is 21.6. The highest BCUT2D eigenvalue weighted by Crippen LogP contribution is 2.30. The van der Waals surface area contributed by atoms with Gasteiger partial charge < -0.3 is 20.3 Å². The van der Waals surface area contributed by atoms with Gasteiger partial charge in [-0.2, -0.15) is 0 Å². The van der Waals surface area contributed by atoms with E-state index in [0.29, 0.717) is 34.5 Å². The van der Waals surface area contributed by atoms with Crippen LogP contribution in [0.5, 0.6) is 5.75 Å². The number of ether oxygens (including phenoxy) is 1. The molecule has 4 rings (SSSR count). The van der Waals surface area contributed by atoms with Crippen LogP contribution >= 0.6 is 0 Å². The third-order valence-electron chi connectivity index (χ3n) is 6.51. The van der Waals surface area contributed by atoms with Gasteiger partial charge in [-0.3, -0.25) is 9.59 Å². The van der Waals surface area contributed by atoms with Crippen molar-refractivity contribution >= 4 is 17.5 Å². The second kappa shape index (κ2) is 9.96. The van der Waals surface area contributed by atoms with E-state index in [9.17, 15) is 9.59 Å². The molecule has 2 fully saturated rings. The van der Waals surface area contributed by atoms with Gasteiger partial charge in [-0.1, -0.05) is 18.6 Å². The lowest BCUT2D eigenvalue weighted by molar-refractivity contribution is 0.0575. The molecule has 0 spiro atoms. The van der Waals surface area contributed by atoms with Crippen LogP contribution in [0.15, 0.2) is 48.5 Å². The first-order chi connectivity index (χ1) is 15.2. The molecule has 0 aromatic heterocycles. The van der Waals surface area contributed by atoms with Crippen LogP contribution < -0.4 is 15.4 Å². The number of nitrogens with one attached hydrogen (secondary N) is 2. The van der Waals surface area contributed by atoms with Crippen molar-refractivity contribution in [3.05, 3.63) is 59.7 Å². The number of carbonyl (C=O) groups excluding carboxylic acids is 2. The molecule has 31 heavy (non-hydrogen) atoms. The minimum atomic E-state index is -0.246. The summed E-state index contributed by atoms with van der Waals surface area (Å²) in [7, 11) is 1.54. The Morgan fingerprint density at radius 1 is 0.968 bits per heavy atom. The normalized spacial score (nSPS) is 21.1. The average Bonchev–Trinajstić information content (AvgIpc) is 2.82. The predicted octanol–water partition coefficient (Wildman–Crippen LogP) is 3.94. The summed E-state index contributed by atoms with van der Waals surface area (Å²) in [5, 5.41) is 5.99. The Hall–Kier alpha value is -2.86. The molecule has 2 aromatic rings. The minimum absolute atomic E-state index is 0.0597. The Labute approximate surface area is 184 Å². The smallest absolute Gasteiger partial charge is 0.259 e. The summed E-state index contributed by atoms with van der Waals surface area (Å²) in [6.45, 7) is 3.14. The number of piperidine rings is 2. The van der Waals surface area contributed by atoms with Crippen LogP contribution in [0, 0.1) is 5.92 Å². The molecule has 2 amide bonds. The van der Waals surface area contributed by atoms with Gasteiger partial charge in [0.2, 0.25) is 0 Å². The maximum absolute atomic E-state index is 12.7. The third-order valence-corrected chi connectivity index (χ3v) is 6.51. The first kappa shape index (κ1) is 21.4. The summed E-state index contributed by atoms with van der Waals surface area (Å²) >= 11 is 0. The Morgan fingerprint density at radius 3 is 2.55 bits per heavy atom. The number of para-hydroxylation sites is 1. The first-order valence-electron chi connectivity index (χ1n) is 11.2. The van der Waals surface area contributed by atoms with Gasteiger partial charge in [0.1, 0.15) is 5.75 Å². The molecule has 6 nitrogen and oxygen atoms in total. The van der Waals surface area contributed by atoms with Gasteiger partial charge in [0.15, 0.2) is 0 Å². The van der Waals surface area contributed by atoms with Crippen LogP contribution in [0.2, 0.25) is 0 Å². The van der Waals surface area contributed by atoms with Crippen molar-refractivity contribution < 1.29 is 14.3 Å². The SMILES string of the molecule is COc1ccccc1C(=O)Nc1ccc(C(=O)NC[C@H]2CCCN3CCCC[C@H]23)cc1. The minimum Gasteiger partial charge on any atom is -0.496 e. The quantitative estimate of drug-likeness (QED) is 0.741. The van der Waals surface area contributed by atoms with Gasteiger partial charge in [0, 0.05) is 23.8 Å². The summed E-state index contributed by atoms with van der Waals surface area (Å²) in [6.07, 6.45) is 6.26. The van der Waals surface area contributed by atoms with E-state index in [-0.39, 0.29) is 11.8 Å². The Bertz CT molecular complexity index is 910. The van der Waals surface area contributed by atoms with Crippen molar-refractivity contribution in [2.75, 3.05) is 32.1 Å². The fraction of sp³-hybridized carbons (Fsp3) is 0.440. The summed E-state index contributed by atoms with van der Waals surface area (Å²) in [5.41, 5.74) is 1.71. The van der Waals surface area contributed by atoms with Gasteiger partial charge in [-0.15, -0.1) is 0 Å². The Kier molecular flexibility index (Phi) is 6.87. The molecule has 2 heterocycles. The molecule has 2 aromatic carbocycles. The standard InChI is InChI=1S/C25H31N3O3/c1-31-23-10-3-2-8-21(23)25(30)27-20-13-11-18(12-14-20)24(29)26-17-19-7-6-16-28-15-5-4-9-22(19)28/h2-3,8,10-14,19,22H,4-7,9,15-17H2,1H3,(H,26,29)(H,27,30)/t19-,22-/m1/s1. The van der Waals surface area contributed by atoms with E-state index in [0.717, 1.165) is 6.54 Å². The molecule has 2 aliphatic rings. The number of benzene rings is 2. The van der Waals surface area contributed by atoms with Crippen molar-refractivity contribution in [3.63, 3.8) is 0 Å². The number of amides is 2. The maximum Gasteiger partial charge on any atom is 0.259 e. The lowest BCUT2D eigenvalue weighted by Crippen LogP contribution is -2.51. The van der Waals surface area contributed by atoms with Gasteiger partial charge in [0.05, 0.1) is 12.7 Å². The van der Waals surface area contributed by atoms with Crippen LogP contribution in [0.1, 0.15) is 52.8 Å². The van der Waals surface area contributed by atoms with Crippen molar-refractivity contribution in [2.24, 2.45) is 5.92 Å². The van der Waals surface area contributed by atoms with Crippen LogP contribution in [0.3, 0.4) is 0 Å². The van der Waals surface area contributed by atoms with E-state index in [4.69, 9.17) is 4.74 Å².